The molecule has 1 aliphatic rings. The fourth-order valence-electron chi connectivity index (χ4n) is 3.03. The minimum Gasteiger partial charge on any atom is -0.384 e. The van der Waals surface area contributed by atoms with Crippen LogP contribution in [0.15, 0.2) is 0 Å². The summed E-state index contributed by atoms with van der Waals surface area (Å²) in [6, 6.07) is 0.413. The second kappa shape index (κ2) is 7.49. The minimum absolute atomic E-state index is 0.293. The quantitative estimate of drug-likeness (QED) is 0.792. The van der Waals surface area contributed by atoms with E-state index in [-0.39, 0.29) is 0 Å². The molecule has 1 fully saturated rings. The molecule has 1 saturated carbocycles. The summed E-state index contributed by atoms with van der Waals surface area (Å²) >= 11 is 0. The van der Waals surface area contributed by atoms with E-state index in [2.05, 4.69) is 26.1 Å². The molecule has 4 heteroatoms. The van der Waals surface area contributed by atoms with Crippen molar-refractivity contribution in [3.8, 4) is 0 Å². The molecule has 1 aliphatic carbocycles. The van der Waals surface area contributed by atoms with Gasteiger partial charge in [-0.3, -0.25) is 4.21 Å². The molecular weight excluding hydrogens is 234 g/mol. The lowest BCUT2D eigenvalue weighted by atomic mass is 9.80. The van der Waals surface area contributed by atoms with Gasteiger partial charge in [0.1, 0.15) is 0 Å². The molecule has 1 N–H and O–H groups in total. The number of hydrogen-bond donors (Lipinski definition) is 1. The summed E-state index contributed by atoms with van der Waals surface area (Å²) in [5.74, 6) is 1.95. The van der Waals surface area contributed by atoms with Crippen molar-refractivity contribution >= 4 is 10.8 Å². The molecule has 0 aromatic rings. The van der Waals surface area contributed by atoms with Crippen LogP contribution in [0.3, 0.4) is 0 Å². The molecule has 0 bridgehead atoms. The topological polar surface area (TPSA) is 38.3 Å². The van der Waals surface area contributed by atoms with Crippen molar-refractivity contribution in [3.05, 3.63) is 0 Å². The summed E-state index contributed by atoms with van der Waals surface area (Å²) in [5, 5.41) is 3.81. The van der Waals surface area contributed by atoms with Crippen molar-refractivity contribution in [3.63, 3.8) is 0 Å². The Hall–Kier alpha value is 0.0700. The Morgan fingerprint density at radius 3 is 2.65 bits per heavy atom. The summed E-state index contributed by atoms with van der Waals surface area (Å²) in [6.07, 6.45) is 2.35. The van der Waals surface area contributed by atoms with Crippen LogP contribution >= 0.6 is 0 Å². The first-order valence-corrected chi connectivity index (χ1v) is 8.07. The summed E-state index contributed by atoms with van der Waals surface area (Å²) in [4.78, 5) is 0. The maximum absolute atomic E-state index is 12.4. The molecule has 0 aromatic heterocycles. The normalized spacial score (nSPS) is 35.8. The van der Waals surface area contributed by atoms with E-state index in [4.69, 9.17) is 4.74 Å². The third kappa shape index (κ3) is 4.34. The Bertz CT molecular complexity index is 248. The molecule has 0 spiro atoms. The second-order valence-electron chi connectivity index (χ2n) is 5.26. The number of hydrogen-bond acceptors (Lipinski definition) is 3. The number of rotatable bonds is 6. The van der Waals surface area contributed by atoms with Crippen molar-refractivity contribution in [1.82, 2.24) is 5.32 Å². The second-order valence-corrected chi connectivity index (χ2v) is 6.97. The average molecular weight is 261 g/mol. The van der Waals surface area contributed by atoms with E-state index in [0.29, 0.717) is 29.6 Å². The lowest BCUT2D eigenvalue weighted by molar-refractivity contribution is 0.215. The van der Waals surface area contributed by atoms with Gasteiger partial charge in [0.2, 0.25) is 0 Å². The molecule has 1 rings (SSSR count). The third-order valence-corrected chi connectivity index (χ3v) is 5.62. The van der Waals surface area contributed by atoms with Crippen LogP contribution in [-0.2, 0) is 15.5 Å². The zero-order valence-electron chi connectivity index (χ0n) is 11.6. The van der Waals surface area contributed by atoms with Crippen molar-refractivity contribution in [2.24, 2.45) is 11.8 Å². The predicted molar refractivity (Wildman–Crippen MR) is 73.7 cm³/mol. The Balaban J connectivity index is 2.65. The first kappa shape index (κ1) is 15.1. The maximum atomic E-state index is 12.4. The number of nitrogens with one attached hydrogen (secondary N) is 1. The van der Waals surface area contributed by atoms with Gasteiger partial charge in [0, 0.05) is 29.7 Å². The van der Waals surface area contributed by atoms with Crippen LogP contribution in [0.4, 0.5) is 0 Å². The lowest BCUT2D eigenvalue weighted by Crippen LogP contribution is -2.50. The van der Waals surface area contributed by atoms with Gasteiger partial charge in [0.05, 0.1) is 11.9 Å². The lowest BCUT2D eigenvalue weighted by Gasteiger charge is -2.39. The highest BCUT2D eigenvalue weighted by atomic mass is 32.2. The molecule has 102 valence electrons. The van der Waals surface area contributed by atoms with Gasteiger partial charge in [0.15, 0.2) is 0 Å². The molecule has 5 atom stereocenters. The monoisotopic (exact) mass is 261 g/mol. The average Bonchev–Trinajstić information content (AvgIpc) is 2.25. The summed E-state index contributed by atoms with van der Waals surface area (Å²) in [7, 11) is 0.902. The van der Waals surface area contributed by atoms with Gasteiger partial charge in [-0.15, -0.1) is 0 Å². The molecule has 5 unspecified atom stereocenters. The Kier molecular flexibility index (Phi) is 6.67. The van der Waals surface area contributed by atoms with Crippen molar-refractivity contribution < 1.29 is 8.95 Å². The highest BCUT2D eigenvalue weighted by Gasteiger charge is 2.36. The number of ether oxygens (including phenoxy) is 1. The molecular formula is C13H27NO2S. The highest BCUT2D eigenvalue weighted by molar-refractivity contribution is 7.85. The van der Waals surface area contributed by atoms with Gasteiger partial charge in [0.25, 0.3) is 0 Å². The Labute approximate surface area is 108 Å². The van der Waals surface area contributed by atoms with Crippen LogP contribution in [0.2, 0.25) is 0 Å². The van der Waals surface area contributed by atoms with Gasteiger partial charge in [-0.2, -0.15) is 0 Å². The van der Waals surface area contributed by atoms with E-state index in [1.54, 1.807) is 7.11 Å². The number of methoxy groups -OCH3 is 1. The van der Waals surface area contributed by atoms with Crippen molar-refractivity contribution in [1.29, 1.82) is 0 Å². The van der Waals surface area contributed by atoms with Gasteiger partial charge >= 0.3 is 0 Å². The fourth-order valence-corrected chi connectivity index (χ4v) is 4.84. The largest absolute Gasteiger partial charge is 0.384 e. The Morgan fingerprint density at radius 1 is 1.35 bits per heavy atom. The molecule has 0 aliphatic heterocycles. The molecule has 3 nitrogen and oxygen atoms in total. The predicted octanol–water partition coefficient (Wildman–Crippen LogP) is 1.79. The van der Waals surface area contributed by atoms with Crippen molar-refractivity contribution in [2.75, 3.05) is 26.0 Å². The van der Waals surface area contributed by atoms with Crippen LogP contribution in [0.5, 0.6) is 0 Å². The van der Waals surface area contributed by atoms with Crippen LogP contribution in [0, 0.1) is 11.8 Å². The first-order valence-electron chi connectivity index (χ1n) is 6.69. The molecule has 0 heterocycles. The van der Waals surface area contributed by atoms with E-state index in [0.717, 1.165) is 18.9 Å². The zero-order chi connectivity index (χ0) is 12.8. The van der Waals surface area contributed by atoms with E-state index in [9.17, 15) is 4.21 Å². The molecule has 0 aromatic carbocycles. The first-order chi connectivity index (χ1) is 8.10. The van der Waals surface area contributed by atoms with Gasteiger partial charge in [-0.05, 0) is 31.2 Å². The van der Waals surface area contributed by atoms with E-state index in [1.165, 1.54) is 6.42 Å². The standard InChI is InChI=1S/C13H27NO2S/c1-5-14-12-9-10(2)8-11(3)13(12)17(15)7-6-16-4/h10-14H,5-9H2,1-4H3. The minimum atomic E-state index is -0.770. The van der Waals surface area contributed by atoms with Gasteiger partial charge in [-0.1, -0.05) is 20.8 Å². The van der Waals surface area contributed by atoms with Crippen LogP contribution in [0.1, 0.15) is 33.6 Å². The van der Waals surface area contributed by atoms with Crippen molar-refractivity contribution in [2.45, 2.75) is 44.9 Å². The zero-order valence-corrected chi connectivity index (χ0v) is 12.4. The maximum Gasteiger partial charge on any atom is 0.0577 e. The van der Waals surface area contributed by atoms with Crippen LogP contribution in [-0.4, -0.2) is 41.5 Å². The smallest absolute Gasteiger partial charge is 0.0577 e. The SMILES string of the molecule is CCNC1CC(C)CC(C)C1S(=O)CCOC. The van der Waals surface area contributed by atoms with E-state index < -0.39 is 10.8 Å². The molecule has 0 radical (unpaired) electrons. The summed E-state index contributed by atoms with van der Waals surface area (Å²) in [6.45, 7) is 8.23. The van der Waals surface area contributed by atoms with Gasteiger partial charge < -0.3 is 10.1 Å². The molecule has 0 amide bonds. The summed E-state index contributed by atoms with van der Waals surface area (Å²) < 4.78 is 17.4. The molecule has 0 saturated heterocycles. The third-order valence-electron chi connectivity index (χ3n) is 3.65. The fraction of sp³-hybridized carbons (Fsp3) is 1.00. The van der Waals surface area contributed by atoms with Crippen LogP contribution in [0.25, 0.3) is 0 Å². The van der Waals surface area contributed by atoms with E-state index >= 15 is 0 Å². The van der Waals surface area contributed by atoms with Crippen LogP contribution < -0.4 is 5.32 Å². The molecule has 17 heavy (non-hydrogen) atoms. The summed E-state index contributed by atoms with van der Waals surface area (Å²) in [5.41, 5.74) is 0. The Morgan fingerprint density at radius 2 is 2.06 bits per heavy atom. The van der Waals surface area contributed by atoms with Gasteiger partial charge in [-0.25, -0.2) is 0 Å². The van der Waals surface area contributed by atoms with E-state index in [1.807, 2.05) is 0 Å². The highest BCUT2D eigenvalue weighted by Crippen LogP contribution is 2.32.